The van der Waals surface area contributed by atoms with Crippen LogP contribution in [0.2, 0.25) is 0 Å². The van der Waals surface area contributed by atoms with Crippen LogP contribution in [0.15, 0.2) is 27.4 Å². The molecule has 2 aliphatic heterocycles. The number of aromatic hydroxyl groups is 1. The summed E-state index contributed by atoms with van der Waals surface area (Å²) in [4.78, 5) is 85.8. The SMILES string of the molecule is CC(=O)O[C@@H]1[C@@H](OC(C)=O)[C@H](C)O[C@@H](OC[C@H]2O[C@@H](Oc3cc(O)c4c(=O)cc(C)oc4c3)[C@H](OC(C)=O)[C@@H](OC(C)=O)[C@@H]2OC(C)=O)[C@@H]1OC(C)=O. The molecule has 19 nitrogen and oxygen atoms in total. The molecule has 4 rings (SSSR count). The first-order valence-corrected chi connectivity index (χ1v) is 16.2. The Kier molecular flexibility index (Phi) is 13.0. The zero-order chi connectivity index (χ0) is 39.3. The van der Waals surface area contributed by atoms with Gasteiger partial charge in [-0.15, -0.1) is 0 Å². The van der Waals surface area contributed by atoms with Crippen molar-refractivity contribution in [2.24, 2.45) is 0 Å². The molecule has 0 aliphatic carbocycles. The van der Waals surface area contributed by atoms with E-state index in [0.717, 1.165) is 47.6 Å². The molecule has 1 aromatic carbocycles. The van der Waals surface area contributed by atoms with Gasteiger partial charge >= 0.3 is 35.8 Å². The molecule has 19 heteroatoms. The van der Waals surface area contributed by atoms with Gasteiger partial charge in [0, 0.05) is 59.7 Å². The Bertz CT molecular complexity index is 1780. The highest BCUT2D eigenvalue weighted by atomic mass is 16.8. The van der Waals surface area contributed by atoms with Crippen LogP contribution in [0.1, 0.15) is 54.2 Å². The Labute approximate surface area is 301 Å². The number of phenols is 1. The highest BCUT2D eigenvalue weighted by Gasteiger charge is 2.55. The van der Waals surface area contributed by atoms with Crippen molar-refractivity contribution in [2.75, 3.05) is 6.61 Å². The van der Waals surface area contributed by atoms with Crippen molar-refractivity contribution < 1.29 is 85.7 Å². The first-order valence-electron chi connectivity index (χ1n) is 16.2. The molecule has 1 aromatic heterocycles. The molecule has 2 aliphatic rings. The third-order valence-electron chi connectivity index (χ3n) is 7.71. The van der Waals surface area contributed by atoms with Gasteiger partial charge in [0.15, 0.2) is 42.2 Å². The number of carbonyl (C=O) groups excluding carboxylic acids is 6. The van der Waals surface area contributed by atoms with Crippen molar-refractivity contribution in [2.45, 2.75) is 117 Å². The highest BCUT2D eigenvalue weighted by Crippen LogP contribution is 2.35. The maximum absolute atomic E-state index is 12.5. The summed E-state index contributed by atoms with van der Waals surface area (Å²) in [5.74, 6) is -5.48. The number of esters is 6. The number of hydrogen-bond donors (Lipinski definition) is 1. The Balaban J connectivity index is 1.74. The summed E-state index contributed by atoms with van der Waals surface area (Å²) in [5.41, 5.74) is -0.592. The summed E-state index contributed by atoms with van der Waals surface area (Å²) >= 11 is 0. The normalized spacial score (nSPS) is 28.2. The number of hydrogen-bond acceptors (Lipinski definition) is 19. The first-order chi connectivity index (χ1) is 24.8. The molecule has 0 radical (unpaired) electrons. The smallest absolute Gasteiger partial charge is 0.303 e. The topological polar surface area (TPSA) is 245 Å². The number of carbonyl (C=O) groups is 6. The van der Waals surface area contributed by atoms with Crippen molar-refractivity contribution in [1.82, 2.24) is 0 Å². The minimum absolute atomic E-state index is 0.0616. The zero-order valence-electron chi connectivity index (χ0n) is 30.0. The maximum Gasteiger partial charge on any atom is 0.303 e. The third kappa shape index (κ3) is 10.2. The van der Waals surface area contributed by atoms with Crippen LogP contribution in [0.5, 0.6) is 11.5 Å². The van der Waals surface area contributed by atoms with E-state index < -0.39 is 115 Å². The molecule has 2 fully saturated rings. The Morgan fingerprint density at radius 2 is 1.11 bits per heavy atom. The standard InChI is InChI=1S/C34H40O19/c1-13-9-22(41)26-23(42)10-21(11-24(26)44-13)52-34-32(51-20(8)40)30(49-18(6)38)28(47-16(4)36)25(53-34)12-43-33-31(50-19(7)39)29(48-17(5)37)27(14(2)45-33)46-15(3)35/h9-11,14,25,27-34,42H,12H2,1-8H3/t14-,25+,27-,28+,29+,30-,31+,32+,33+,34+/m0/s1. The first kappa shape index (κ1) is 40.5. The highest BCUT2D eigenvalue weighted by molar-refractivity contribution is 5.84. The average Bonchev–Trinajstić information content (AvgIpc) is 3.00. The number of aryl methyl sites for hydroxylation is 1. The molecule has 0 amide bonds. The van der Waals surface area contributed by atoms with Crippen LogP contribution < -0.4 is 10.2 Å². The zero-order valence-corrected chi connectivity index (χ0v) is 30.0. The second kappa shape index (κ2) is 17.0. The molecule has 2 aromatic rings. The molecule has 53 heavy (non-hydrogen) atoms. The van der Waals surface area contributed by atoms with Crippen LogP contribution in [0.4, 0.5) is 0 Å². The van der Waals surface area contributed by atoms with Gasteiger partial charge in [-0.2, -0.15) is 0 Å². The van der Waals surface area contributed by atoms with E-state index in [2.05, 4.69) is 0 Å². The average molecular weight is 753 g/mol. The molecule has 0 spiro atoms. The molecular weight excluding hydrogens is 712 g/mol. The molecule has 3 heterocycles. The van der Waals surface area contributed by atoms with Crippen molar-refractivity contribution in [3.63, 3.8) is 0 Å². The Morgan fingerprint density at radius 1 is 0.642 bits per heavy atom. The third-order valence-corrected chi connectivity index (χ3v) is 7.71. The van der Waals surface area contributed by atoms with Gasteiger partial charge in [-0.1, -0.05) is 0 Å². The number of benzene rings is 1. The Morgan fingerprint density at radius 3 is 1.66 bits per heavy atom. The summed E-state index contributed by atoms with van der Waals surface area (Å²) in [5, 5.41) is 10.5. The molecule has 0 saturated carbocycles. The van der Waals surface area contributed by atoms with E-state index in [-0.39, 0.29) is 22.5 Å². The molecule has 1 N–H and O–H groups in total. The summed E-state index contributed by atoms with van der Waals surface area (Å²) in [6.45, 7) is 8.82. The van der Waals surface area contributed by atoms with Crippen LogP contribution in [-0.4, -0.2) is 109 Å². The summed E-state index contributed by atoms with van der Waals surface area (Å²) in [6.07, 6.45) is -14.6. The van der Waals surface area contributed by atoms with E-state index in [1.54, 1.807) is 0 Å². The molecule has 0 bridgehead atoms. The molecular formula is C34H40O19. The molecule has 2 saturated heterocycles. The van der Waals surface area contributed by atoms with E-state index in [4.69, 9.17) is 51.8 Å². The predicted octanol–water partition coefficient (Wildman–Crippen LogP) is 1.26. The quantitative estimate of drug-likeness (QED) is 0.251. The van der Waals surface area contributed by atoms with E-state index in [1.165, 1.54) is 26.0 Å². The number of rotatable bonds is 11. The monoisotopic (exact) mass is 752 g/mol. The van der Waals surface area contributed by atoms with E-state index in [9.17, 15) is 38.7 Å². The van der Waals surface area contributed by atoms with Crippen molar-refractivity contribution in [3.8, 4) is 11.5 Å². The van der Waals surface area contributed by atoms with E-state index in [1.807, 2.05) is 0 Å². The largest absolute Gasteiger partial charge is 0.507 e. The van der Waals surface area contributed by atoms with Crippen LogP contribution in [0, 0.1) is 6.92 Å². The summed E-state index contributed by atoms with van der Waals surface area (Å²) in [7, 11) is 0. The molecule has 10 atom stereocenters. The lowest BCUT2D eigenvalue weighted by Gasteiger charge is -2.46. The van der Waals surface area contributed by atoms with Crippen molar-refractivity contribution in [1.29, 1.82) is 0 Å². The number of phenolic OH excluding ortho intramolecular Hbond substituents is 1. The molecule has 290 valence electrons. The van der Waals surface area contributed by atoms with Crippen LogP contribution in [0.3, 0.4) is 0 Å². The van der Waals surface area contributed by atoms with Crippen LogP contribution in [-0.2, 0) is 71.4 Å². The lowest BCUT2D eigenvalue weighted by atomic mass is 9.97. The van der Waals surface area contributed by atoms with Gasteiger partial charge in [-0.3, -0.25) is 33.6 Å². The fraction of sp³-hybridized carbons (Fsp3) is 0.559. The minimum Gasteiger partial charge on any atom is -0.507 e. The summed E-state index contributed by atoms with van der Waals surface area (Å²) < 4.78 is 62.3. The second-order valence-corrected chi connectivity index (χ2v) is 12.2. The van der Waals surface area contributed by atoms with E-state index in [0.29, 0.717) is 0 Å². The van der Waals surface area contributed by atoms with Crippen LogP contribution in [0.25, 0.3) is 11.0 Å². The summed E-state index contributed by atoms with van der Waals surface area (Å²) in [6, 6.07) is 3.52. The van der Waals surface area contributed by atoms with Gasteiger partial charge in [0.2, 0.25) is 12.4 Å². The predicted molar refractivity (Wildman–Crippen MR) is 172 cm³/mol. The fourth-order valence-corrected chi connectivity index (χ4v) is 5.94. The second-order valence-electron chi connectivity index (χ2n) is 12.2. The van der Waals surface area contributed by atoms with Gasteiger partial charge in [0.05, 0.1) is 12.7 Å². The van der Waals surface area contributed by atoms with Crippen LogP contribution >= 0.6 is 0 Å². The molecule has 0 unspecified atom stereocenters. The maximum atomic E-state index is 12.5. The van der Waals surface area contributed by atoms with E-state index >= 15 is 0 Å². The lowest BCUT2D eigenvalue weighted by Crippen LogP contribution is -2.64. The Hall–Kier alpha value is -5.27. The lowest BCUT2D eigenvalue weighted by molar-refractivity contribution is -0.323. The van der Waals surface area contributed by atoms with Crippen molar-refractivity contribution in [3.05, 3.63) is 34.2 Å². The van der Waals surface area contributed by atoms with Gasteiger partial charge in [0.1, 0.15) is 34.3 Å². The van der Waals surface area contributed by atoms with Gasteiger partial charge in [0.25, 0.3) is 0 Å². The number of ether oxygens (including phenoxy) is 10. The fourth-order valence-electron chi connectivity index (χ4n) is 5.94. The number of fused-ring (bicyclic) bond motifs is 1. The van der Waals surface area contributed by atoms with Gasteiger partial charge < -0.3 is 56.9 Å². The minimum atomic E-state index is -1.69. The van der Waals surface area contributed by atoms with Crippen molar-refractivity contribution >= 4 is 46.8 Å². The van der Waals surface area contributed by atoms with Gasteiger partial charge in [-0.05, 0) is 13.8 Å². The van der Waals surface area contributed by atoms with Gasteiger partial charge in [-0.25, -0.2) is 0 Å².